The molecule has 0 saturated carbocycles. The van der Waals surface area contributed by atoms with Gasteiger partial charge >= 0.3 is 0 Å². The molecule has 2 heteroatoms. The molecule has 0 aromatic carbocycles. The highest BCUT2D eigenvalue weighted by Gasteiger charge is 2.15. The highest BCUT2D eigenvalue weighted by atomic mass is 15.2. The fraction of sp³-hybridized carbons (Fsp3) is 1.00. The van der Waals surface area contributed by atoms with E-state index in [4.69, 9.17) is 0 Å². The maximum atomic E-state index is 3.67. The fourth-order valence-electron chi connectivity index (χ4n) is 2.58. The van der Waals surface area contributed by atoms with Gasteiger partial charge in [0.15, 0.2) is 0 Å². The highest BCUT2D eigenvalue weighted by Crippen LogP contribution is 2.08. The first-order valence-corrected chi connectivity index (χ1v) is 7.32. The van der Waals surface area contributed by atoms with E-state index in [9.17, 15) is 0 Å². The predicted octanol–water partition coefficient (Wildman–Crippen LogP) is 3.03. The minimum absolute atomic E-state index is 0.749. The summed E-state index contributed by atoms with van der Waals surface area (Å²) in [7, 11) is 0. The van der Waals surface area contributed by atoms with E-state index in [0.717, 1.165) is 6.04 Å². The molecule has 1 unspecified atom stereocenters. The number of unbranched alkanes of at least 4 members (excludes halogenated alkanes) is 3. The average Bonchev–Trinajstić information content (AvgIpc) is 2.51. The van der Waals surface area contributed by atoms with Crippen LogP contribution >= 0.6 is 0 Å². The Morgan fingerprint density at radius 1 is 1.12 bits per heavy atom. The largest absolute Gasteiger partial charge is 0.313 e. The molecule has 16 heavy (non-hydrogen) atoms. The first-order chi connectivity index (χ1) is 7.86. The molecule has 0 amide bonds. The number of nitrogens with one attached hydrogen (secondary N) is 1. The molecule has 0 aliphatic carbocycles. The van der Waals surface area contributed by atoms with Gasteiger partial charge in [-0.3, -0.25) is 0 Å². The lowest BCUT2D eigenvalue weighted by molar-refractivity contribution is 0.257. The third-order valence-electron chi connectivity index (χ3n) is 3.53. The summed E-state index contributed by atoms with van der Waals surface area (Å²) in [6, 6.07) is 0.749. The molecule has 1 atom stereocenters. The minimum Gasteiger partial charge on any atom is -0.313 e. The van der Waals surface area contributed by atoms with E-state index in [1.807, 2.05) is 0 Å². The summed E-state index contributed by atoms with van der Waals surface area (Å²) < 4.78 is 0. The Morgan fingerprint density at radius 2 is 2.00 bits per heavy atom. The third kappa shape index (κ3) is 5.86. The molecule has 1 fully saturated rings. The third-order valence-corrected chi connectivity index (χ3v) is 3.53. The summed E-state index contributed by atoms with van der Waals surface area (Å²) in [4.78, 5) is 2.68. The second-order valence-corrected chi connectivity index (χ2v) is 5.15. The van der Waals surface area contributed by atoms with E-state index < -0.39 is 0 Å². The molecule has 1 aliphatic rings. The van der Waals surface area contributed by atoms with Crippen molar-refractivity contribution in [1.82, 2.24) is 10.2 Å². The van der Waals surface area contributed by atoms with Gasteiger partial charge < -0.3 is 10.2 Å². The van der Waals surface area contributed by atoms with Gasteiger partial charge in [0.1, 0.15) is 0 Å². The molecule has 1 heterocycles. The van der Waals surface area contributed by atoms with Crippen LogP contribution in [0.15, 0.2) is 0 Å². The highest BCUT2D eigenvalue weighted by molar-refractivity contribution is 4.76. The molecule has 96 valence electrons. The standard InChI is InChI=1S/C14H30N2/c1-3-5-6-7-11-16-12-8-10-15-14(13-16)9-4-2/h14-15H,3-13H2,1-2H3. The summed E-state index contributed by atoms with van der Waals surface area (Å²) in [5.74, 6) is 0. The lowest BCUT2D eigenvalue weighted by Gasteiger charge is -2.24. The molecule has 1 N–H and O–H groups in total. The van der Waals surface area contributed by atoms with Crippen LogP contribution in [0.25, 0.3) is 0 Å². The molecular weight excluding hydrogens is 196 g/mol. The number of hydrogen-bond acceptors (Lipinski definition) is 2. The van der Waals surface area contributed by atoms with Gasteiger partial charge in [-0.1, -0.05) is 39.5 Å². The number of nitrogens with zero attached hydrogens (tertiary/aromatic N) is 1. The van der Waals surface area contributed by atoms with Gasteiger partial charge in [-0.25, -0.2) is 0 Å². The molecule has 0 spiro atoms. The van der Waals surface area contributed by atoms with Crippen molar-refractivity contribution in [1.29, 1.82) is 0 Å². The van der Waals surface area contributed by atoms with Gasteiger partial charge in [-0.05, 0) is 38.9 Å². The zero-order valence-electron chi connectivity index (χ0n) is 11.3. The molecular formula is C14H30N2. The van der Waals surface area contributed by atoms with Crippen LogP contribution in [-0.2, 0) is 0 Å². The van der Waals surface area contributed by atoms with Crippen LogP contribution in [0.5, 0.6) is 0 Å². The first kappa shape index (κ1) is 14.0. The smallest absolute Gasteiger partial charge is 0.0194 e. The van der Waals surface area contributed by atoms with Crippen molar-refractivity contribution in [3.63, 3.8) is 0 Å². The van der Waals surface area contributed by atoms with Crippen LogP contribution < -0.4 is 5.32 Å². The van der Waals surface area contributed by atoms with E-state index in [-0.39, 0.29) is 0 Å². The average molecular weight is 226 g/mol. The van der Waals surface area contributed by atoms with E-state index in [1.165, 1.54) is 71.1 Å². The van der Waals surface area contributed by atoms with Crippen molar-refractivity contribution in [2.24, 2.45) is 0 Å². The fourth-order valence-corrected chi connectivity index (χ4v) is 2.58. The maximum Gasteiger partial charge on any atom is 0.0194 e. The van der Waals surface area contributed by atoms with E-state index in [0.29, 0.717) is 0 Å². The predicted molar refractivity (Wildman–Crippen MR) is 71.9 cm³/mol. The van der Waals surface area contributed by atoms with Gasteiger partial charge in [0.05, 0.1) is 0 Å². The molecule has 1 saturated heterocycles. The van der Waals surface area contributed by atoms with E-state index in [1.54, 1.807) is 0 Å². The summed E-state index contributed by atoms with van der Waals surface area (Å²) in [6.07, 6.45) is 9.54. The summed E-state index contributed by atoms with van der Waals surface area (Å²) in [5, 5.41) is 3.67. The molecule has 1 aliphatic heterocycles. The lowest BCUT2D eigenvalue weighted by atomic mass is 10.1. The van der Waals surface area contributed by atoms with Gasteiger partial charge in [0.25, 0.3) is 0 Å². The van der Waals surface area contributed by atoms with E-state index in [2.05, 4.69) is 24.1 Å². The van der Waals surface area contributed by atoms with Crippen LogP contribution in [0.2, 0.25) is 0 Å². The van der Waals surface area contributed by atoms with Gasteiger partial charge in [0, 0.05) is 12.6 Å². The monoisotopic (exact) mass is 226 g/mol. The SMILES string of the molecule is CCCCCCN1CCCNC(CCC)C1. The molecule has 2 nitrogen and oxygen atoms in total. The second kappa shape index (κ2) is 9.00. The molecule has 0 aromatic heterocycles. The Hall–Kier alpha value is -0.0800. The summed E-state index contributed by atoms with van der Waals surface area (Å²) in [6.45, 7) is 9.70. The van der Waals surface area contributed by atoms with E-state index >= 15 is 0 Å². The van der Waals surface area contributed by atoms with Crippen molar-refractivity contribution in [3.8, 4) is 0 Å². The summed E-state index contributed by atoms with van der Waals surface area (Å²) >= 11 is 0. The second-order valence-electron chi connectivity index (χ2n) is 5.15. The van der Waals surface area contributed by atoms with Gasteiger partial charge in [-0.2, -0.15) is 0 Å². The van der Waals surface area contributed by atoms with Crippen LogP contribution in [0.3, 0.4) is 0 Å². The van der Waals surface area contributed by atoms with Crippen LogP contribution in [0.4, 0.5) is 0 Å². The minimum atomic E-state index is 0.749. The van der Waals surface area contributed by atoms with Crippen LogP contribution in [-0.4, -0.2) is 37.1 Å². The zero-order valence-corrected chi connectivity index (χ0v) is 11.3. The Kier molecular flexibility index (Phi) is 7.87. The van der Waals surface area contributed by atoms with Crippen LogP contribution in [0, 0.1) is 0 Å². The first-order valence-electron chi connectivity index (χ1n) is 7.32. The summed E-state index contributed by atoms with van der Waals surface area (Å²) in [5.41, 5.74) is 0. The van der Waals surface area contributed by atoms with Gasteiger partial charge in [-0.15, -0.1) is 0 Å². The van der Waals surface area contributed by atoms with Crippen molar-refractivity contribution in [3.05, 3.63) is 0 Å². The molecule has 0 bridgehead atoms. The van der Waals surface area contributed by atoms with Crippen molar-refractivity contribution < 1.29 is 0 Å². The number of rotatable bonds is 7. The Bertz CT molecular complexity index is 159. The normalized spacial score (nSPS) is 23.2. The lowest BCUT2D eigenvalue weighted by Crippen LogP contribution is -2.37. The zero-order chi connectivity index (χ0) is 11.6. The molecule has 0 radical (unpaired) electrons. The van der Waals surface area contributed by atoms with Crippen molar-refractivity contribution in [2.75, 3.05) is 26.2 Å². The Balaban J connectivity index is 2.17. The number of hydrogen-bond donors (Lipinski definition) is 1. The van der Waals surface area contributed by atoms with Crippen LogP contribution in [0.1, 0.15) is 58.8 Å². The topological polar surface area (TPSA) is 15.3 Å². The Labute approximate surface area is 102 Å². The van der Waals surface area contributed by atoms with Crippen molar-refractivity contribution >= 4 is 0 Å². The van der Waals surface area contributed by atoms with Gasteiger partial charge in [0.2, 0.25) is 0 Å². The quantitative estimate of drug-likeness (QED) is 0.671. The maximum absolute atomic E-state index is 3.67. The molecule has 1 rings (SSSR count). The van der Waals surface area contributed by atoms with Crippen molar-refractivity contribution in [2.45, 2.75) is 64.8 Å². The Morgan fingerprint density at radius 3 is 2.75 bits per heavy atom. The molecule has 0 aromatic rings.